The first-order valence-electron chi connectivity index (χ1n) is 17.3. The topological polar surface area (TPSA) is 70.5 Å². The number of likely N-dealkylation sites (tertiary alicyclic amines) is 1. The monoisotopic (exact) mass is 621 g/mol. The Morgan fingerprint density at radius 1 is 0.783 bits per heavy atom. The molecule has 0 unspecified atom stereocenters. The van der Waals surface area contributed by atoms with Gasteiger partial charge < -0.3 is 19.7 Å². The molecule has 2 heterocycles. The van der Waals surface area contributed by atoms with E-state index in [0.717, 1.165) is 68.1 Å². The first-order valence-corrected chi connectivity index (χ1v) is 17.3. The Kier molecular flexibility index (Phi) is 11.6. The lowest BCUT2D eigenvalue weighted by Crippen LogP contribution is -2.34. The first kappa shape index (κ1) is 33.4. The molecular formula is C39H51N5O2. The summed E-state index contributed by atoms with van der Waals surface area (Å²) in [6.45, 7) is 14.6. The number of nitrogens with one attached hydrogen (secondary N) is 1. The van der Waals surface area contributed by atoms with Crippen LogP contribution in [0.2, 0.25) is 0 Å². The van der Waals surface area contributed by atoms with Gasteiger partial charge in [0, 0.05) is 42.0 Å². The molecule has 244 valence electrons. The average molecular weight is 622 g/mol. The second-order valence-corrected chi connectivity index (χ2v) is 13.6. The highest BCUT2D eigenvalue weighted by molar-refractivity contribution is 6.09. The first-order chi connectivity index (χ1) is 22.3. The van der Waals surface area contributed by atoms with Crippen LogP contribution in [0.3, 0.4) is 0 Å². The number of hydrogen-bond acceptors (Lipinski definition) is 5. The molecule has 0 aliphatic carbocycles. The summed E-state index contributed by atoms with van der Waals surface area (Å²) in [6.07, 6.45) is 6.86. The number of amides is 1. The van der Waals surface area contributed by atoms with Crippen molar-refractivity contribution in [3.05, 3.63) is 89.5 Å². The van der Waals surface area contributed by atoms with E-state index >= 15 is 0 Å². The molecule has 1 amide bonds. The molecule has 1 saturated heterocycles. The van der Waals surface area contributed by atoms with Crippen molar-refractivity contribution in [1.29, 1.82) is 0 Å². The van der Waals surface area contributed by atoms with Crippen molar-refractivity contribution in [3.63, 3.8) is 0 Å². The van der Waals surface area contributed by atoms with E-state index < -0.39 is 0 Å². The van der Waals surface area contributed by atoms with Gasteiger partial charge in [0.15, 0.2) is 5.78 Å². The van der Waals surface area contributed by atoms with Crippen molar-refractivity contribution in [1.82, 2.24) is 19.4 Å². The van der Waals surface area contributed by atoms with Crippen LogP contribution in [0.1, 0.15) is 92.5 Å². The zero-order valence-corrected chi connectivity index (χ0v) is 28.2. The molecular weight excluding hydrogens is 570 g/mol. The highest BCUT2D eigenvalue weighted by Gasteiger charge is 2.20. The van der Waals surface area contributed by atoms with Gasteiger partial charge in [0.25, 0.3) is 5.91 Å². The molecule has 1 aliphatic heterocycles. The fourth-order valence-corrected chi connectivity index (χ4v) is 6.13. The molecule has 7 nitrogen and oxygen atoms in total. The van der Waals surface area contributed by atoms with Gasteiger partial charge in [-0.1, -0.05) is 64.4 Å². The molecule has 0 spiro atoms. The van der Waals surface area contributed by atoms with Crippen LogP contribution >= 0.6 is 0 Å². The van der Waals surface area contributed by atoms with E-state index in [0.29, 0.717) is 28.5 Å². The largest absolute Gasteiger partial charge is 0.339 e. The summed E-state index contributed by atoms with van der Waals surface area (Å²) in [5.74, 6) is 1.93. The van der Waals surface area contributed by atoms with Gasteiger partial charge in [-0.15, -0.1) is 0 Å². The third kappa shape index (κ3) is 8.85. The molecule has 1 N–H and O–H groups in total. The number of carbonyl (C=O) groups is 2. The minimum atomic E-state index is 0.00475. The van der Waals surface area contributed by atoms with Crippen LogP contribution in [0.4, 0.5) is 11.6 Å². The Balaban J connectivity index is 1.40. The molecule has 4 aromatic rings. The van der Waals surface area contributed by atoms with Gasteiger partial charge in [-0.25, -0.2) is 4.98 Å². The van der Waals surface area contributed by atoms with Gasteiger partial charge >= 0.3 is 0 Å². The lowest BCUT2D eigenvalue weighted by atomic mass is 10.0. The minimum Gasteiger partial charge on any atom is -0.339 e. The fourth-order valence-electron chi connectivity index (χ4n) is 6.13. The summed E-state index contributed by atoms with van der Waals surface area (Å²) in [7, 11) is 0. The molecule has 0 bridgehead atoms. The normalized spacial score (nSPS) is 13.9. The van der Waals surface area contributed by atoms with Crippen LogP contribution in [-0.2, 0) is 6.54 Å². The Hall–Kier alpha value is -3.97. The molecule has 1 aromatic heterocycles. The SMILES string of the molecule is CC(C)CCN(CCC(C)C)C(=O)c1ccc2nc(Nc3ccc(C(=O)c4ccccc4)cc3)n(CCCN3CCCCC3)c2c1. The number of nitrogens with zero attached hydrogens (tertiary/aromatic N) is 4. The molecule has 5 rings (SSSR count). The number of aryl methyl sites for hydroxylation is 1. The summed E-state index contributed by atoms with van der Waals surface area (Å²) < 4.78 is 2.23. The number of fused-ring (bicyclic) bond motifs is 1. The number of hydrogen-bond donors (Lipinski definition) is 1. The Bertz CT molecular complexity index is 1560. The number of piperidine rings is 1. The average Bonchev–Trinajstić information content (AvgIpc) is 3.41. The zero-order chi connectivity index (χ0) is 32.5. The number of anilines is 2. The molecule has 46 heavy (non-hydrogen) atoms. The fraction of sp³-hybridized carbons (Fsp3) is 0.462. The predicted molar refractivity (Wildman–Crippen MR) is 189 cm³/mol. The number of carbonyl (C=O) groups excluding carboxylic acids is 2. The van der Waals surface area contributed by atoms with E-state index in [4.69, 9.17) is 4.98 Å². The van der Waals surface area contributed by atoms with E-state index in [9.17, 15) is 9.59 Å². The van der Waals surface area contributed by atoms with E-state index in [1.807, 2.05) is 77.7 Å². The third-order valence-electron chi connectivity index (χ3n) is 8.98. The molecule has 0 atom stereocenters. The Morgan fingerprint density at radius 3 is 2.07 bits per heavy atom. The van der Waals surface area contributed by atoms with Gasteiger partial charge in [-0.2, -0.15) is 0 Å². The van der Waals surface area contributed by atoms with Crippen molar-refractivity contribution >= 4 is 34.4 Å². The van der Waals surface area contributed by atoms with E-state index in [1.165, 1.54) is 32.4 Å². The van der Waals surface area contributed by atoms with Gasteiger partial charge in [0.1, 0.15) is 0 Å². The van der Waals surface area contributed by atoms with E-state index in [1.54, 1.807) is 0 Å². The van der Waals surface area contributed by atoms with Crippen molar-refractivity contribution in [3.8, 4) is 0 Å². The summed E-state index contributed by atoms with van der Waals surface area (Å²) in [5.41, 5.74) is 4.74. The maximum atomic E-state index is 13.9. The Labute approximate surface area is 275 Å². The van der Waals surface area contributed by atoms with Crippen LogP contribution < -0.4 is 5.32 Å². The lowest BCUT2D eigenvalue weighted by Gasteiger charge is -2.26. The van der Waals surface area contributed by atoms with Crippen LogP contribution in [-0.4, -0.2) is 63.8 Å². The molecule has 1 aliphatic rings. The lowest BCUT2D eigenvalue weighted by molar-refractivity contribution is 0.0740. The predicted octanol–water partition coefficient (Wildman–Crippen LogP) is 8.42. The molecule has 1 fully saturated rings. The zero-order valence-electron chi connectivity index (χ0n) is 28.2. The number of imidazole rings is 1. The van der Waals surface area contributed by atoms with Crippen LogP contribution in [0.25, 0.3) is 11.0 Å². The maximum Gasteiger partial charge on any atom is 0.253 e. The highest BCUT2D eigenvalue weighted by atomic mass is 16.2. The van der Waals surface area contributed by atoms with Gasteiger partial charge in [-0.3, -0.25) is 9.59 Å². The van der Waals surface area contributed by atoms with Crippen LogP contribution in [0.15, 0.2) is 72.8 Å². The van der Waals surface area contributed by atoms with Crippen molar-refractivity contribution < 1.29 is 9.59 Å². The van der Waals surface area contributed by atoms with E-state index in [2.05, 4.69) is 42.5 Å². The van der Waals surface area contributed by atoms with E-state index in [-0.39, 0.29) is 11.7 Å². The van der Waals surface area contributed by atoms with Crippen molar-refractivity contribution in [2.45, 2.75) is 72.8 Å². The summed E-state index contributed by atoms with van der Waals surface area (Å²) >= 11 is 0. The highest BCUT2D eigenvalue weighted by Crippen LogP contribution is 2.26. The smallest absolute Gasteiger partial charge is 0.253 e. The third-order valence-corrected chi connectivity index (χ3v) is 8.98. The van der Waals surface area contributed by atoms with Gasteiger partial charge in [0.05, 0.1) is 11.0 Å². The standard InChI is InChI=1S/C39H51N5O2/c1-29(2)20-26-43(27-21-30(3)4)38(46)33-16-19-35-36(28-33)44(25-11-24-42-22-9-6-10-23-42)39(41-35)40-34-17-14-32(15-18-34)37(45)31-12-7-5-8-13-31/h5,7-8,12-19,28-30H,6,9-11,20-27H2,1-4H3,(H,40,41). The van der Waals surface area contributed by atoms with Crippen LogP contribution in [0.5, 0.6) is 0 Å². The maximum absolute atomic E-state index is 13.9. The van der Waals surface area contributed by atoms with Crippen LogP contribution in [0, 0.1) is 11.8 Å². The Morgan fingerprint density at radius 2 is 1.41 bits per heavy atom. The molecule has 0 saturated carbocycles. The minimum absolute atomic E-state index is 0.00475. The van der Waals surface area contributed by atoms with Crippen molar-refractivity contribution in [2.75, 3.05) is 38.0 Å². The van der Waals surface area contributed by atoms with Crippen molar-refractivity contribution in [2.24, 2.45) is 11.8 Å². The number of ketones is 1. The number of aromatic nitrogens is 2. The summed E-state index contributed by atoms with van der Waals surface area (Å²) in [4.78, 5) is 36.4. The second kappa shape index (κ2) is 16.0. The van der Waals surface area contributed by atoms with Gasteiger partial charge in [0.2, 0.25) is 5.95 Å². The molecule has 0 radical (unpaired) electrons. The molecule has 3 aromatic carbocycles. The number of benzene rings is 3. The summed E-state index contributed by atoms with van der Waals surface area (Å²) in [5, 5.41) is 3.52. The van der Waals surface area contributed by atoms with Gasteiger partial charge in [-0.05, 0) is 106 Å². The summed E-state index contributed by atoms with van der Waals surface area (Å²) in [6, 6.07) is 22.9. The molecule has 7 heteroatoms. The second-order valence-electron chi connectivity index (χ2n) is 13.6. The quantitative estimate of drug-likeness (QED) is 0.135. The number of rotatable bonds is 15.